The number of H-pyrrole nitrogens is 1. The third-order valence-corrected chi connectivity index (χ3v) is 5.45. The predicted octanol–water partition coefficient (Wildman–Crippen LogP) is 4.32. The van der Waals surface area contributed by atoms with E-state index in [4.69, 9.17) is 28.9 Å². The van der Waals surface area contributed by atoms with Crippen LogP contribution in [0.3, 0.4) is 0 Å². The van der Waals surface area contributed by atoms with Crippen molar-refractivity contribution in [3.8, 4) is 0 Å². The molecule has 1 aliphatic rings. The van der Waals surface area contributed by atoms with E-state index in [0.717, 1.165) is 42.5 Å². The number of nitrogens with two attached hydrogens (primary N) is 1. The Labute approximate surface area is 150 Å². The standard InChI is InChI=1S/C18H18Cl2N4/c19-12-1-2-14(15(20)11-12)18(21)5-9-24(10-6-18)16-4-8-23-17-13(16)3-7-22-17/h1-4,7-8,11H,5-6,9-10,21H2,(H,22,23). The number of hydrogen-bond acceptors (Lipinski definition) is 3. The average Bonchev–Trinajstić information content (AvgIpc) is 3.04. The first-order valence-corrected chi connectivity index (χ1v) is 8.74. The molecule has 1 aromatic carbocycles. The normalized spacial score (nSPS) is 17.4. The van der Waals surface area contributed by atoms with Crippen molar-refractivity contribution in [3.63, 3.8) is 0 Å². The van der Waals surface area contributed by atoms with Gasteiger partial charge >= 0.3 is 0 Å². The molecule has 1 saturated heterocycles. The van der Waals surface area contributed by atoms with Gasteiger partial charge in [0.05, 0.1) is 0 Å². The van der Waals surface area contributed by atoms with E-state index < -0.39 is 5.54 Å². The van der Waals surface area contributed by atoms with Crippen LogP contribution in [0.25, 0.3) is 11.0 Å². The lowest BCUT2D eigenvalue weighted by Gasteiger charge is -2.41. The molecule has 0 radical (unpaired) electrons. The number of rotatable bonds is 2. The molecular formula is C18H18Cl2N4. The zero-order valence-electron chi connectivity index (χ0n) is 13.1. The van der Waals surface area contributed by atoms with Crippen molar-refractivity contribution in [2.45, 2.75) is 18.4 Å². The predicted molar refractivity (Wildman–Crippen MR) is 99.9 cm³/mol. The van der Waals surface area contributed by atoms with E-state index in [2.05, 4.69) is 27.0 Å². The van der Waals surface area contributed by atoms with E-state index in [0.29, 0.717) is 10.0 Å². The lowest BCUT2D eigenvalue weighted by Crippen LogP contribution is -2.48. The molecule has 0 atom stereocenters. The van der Waals surface area contributed by atoms with Gasteiger partial charge < -0.3 is 15.6 Å². The number of anilines is 1. The topological polar surface area (TPSA) is 57.9 Å². The van der Waals surface area contributed by atoms with E-state index in [-0.39, 0.29) is 0 Å². The monoisotopic (exact) mass is 360 g/mol. The molecule has 6 heteroatoms. The molecule has 0 saturated carbocycles. The zero-order valence-corrected chi connectivity index (χ0v) is 14.6. The van der Waals surface area contributed by atoms with Crippen LogP contribution in [0.4, 0.5) is 5.69 Å². The Hall–Kier alpha value is -1.75. The number of benzene rings is 1. The Bertz CT molecular complexity index is 882. The van der Waals surface area contributed by atoms with E-state index in [1.54, 1.807) is 6.07 Å². The first kappa shape index (κ1) is 15.8. The molecule has 124 valence electrons. The van der Waals surface area contributed by atoms with Crippen molar-refractivity contribution in [1.82, 2.24) is 9.97 Å². The Balaban J connectivity index is 1.59. The molecule has 1 aliphatic heterocycles. The number of fused-ring (bicyclic) bond motifs is 1. The summed E-state index contributed by atoms with van der Waals surface area (Å²) >= 11 is 12.4. The van der Waals surface area contributed by atoms with Crippen LogP contribution in [0.1, 0.15) is 18.4 Å². The maximum absolute atomic E-state index is 6.69. The summed E-state index contributed by atoms with van der Waals surface area (Å²) in [6.45, 7) is 1.75. The molecule has 4 nitrogen and oxygen atoms in total. The van der Waals surface area contributed by atoms with Crippen molar-refractivity contribution in [2.75, 3.05) is 18.0 Å². The van der Waals surface area contributed by atoms with Crippen LogP contribution in [-0.2, 0) is 5.54 Å². The highest BCUT2D eigenvalue weighted by Crippen LogP contribution is 2.38. The summed E-state index contributed by atoms with van der Waals surface area (Å²) < 4.78 is 0. The summed E-state index contributed by atoms with van der Waals surface area (Å²) in [7, 11) is 0. The fourth-order valence-corrected chi connectivity index (χ4v) is 4.13. The van der Waals surface area contributed by atoms with Crippen LogP contribution >= 0.6 is 23.2 Å². The van der Waals surface area contributed by atoms with E-state index in [1.807, 2.05) is 24.5 Å². The van der Waals surface area contributed by atoms with Crippen LogP contribution in [0.5, 0.6) is 0 Å². The first-order valence-electron chi connectivity index (χ1n) is 7.98. The minimum Gasteiger partial charge on any atom is -0.371 e. The number of nitrogens with one attached hydrogen (secondary N) is 1. The van der Waals surface area contributed by atoms with Crippen molar-refractivity contribution < 1.29 is 0 Å². The van der Waals surface area contributed by atoms with Crippen molar-refractivity contribution in [2.24, 2.45) is 5.73 Å². The summed E-state index contributed by atoms with van der Waals surface area (Å²) in [6, 6.07) is 9.71. The van der Waals surface area contributed by atoms with Gasteiger partial charge in [0.1, 0.15) is 5.65 Å². The molecule has 3 aromatic rings. The van der Waals surface area contributed by atoms with Crippen LogP contribution in [0.2, 0.25) is 10.0 Å². The van der Waals surface area contributed by atoms with Gasteiger partial charge in [-0.15, -0.1) is 0 Å². The number of hydrogen-bond donors (Lipinski definition) is 2. The van der Waals surface area contributed by atoms with Gasteiger partial charge in [0.25, 0.3) is 0 Å². The average molecular weight is 361 g/mol. The highest BCUT2D eigenvalue weighted by Gasteiger charge is 2.34. The largest absolute Gasteiger partial charge is 0.371 e. The molecule has 1 fully saturated rings. The molecule has 0 bridgehead atoms. The molecule has 2 aromatic heterocycles. The third kappa shape index (κ3) is 2.65. The molecule has 0 unspecified atom stereocenters. The van der Waals surface area contributed by atoms with Gasteiger partial charge in [0.15, 0.2) is 0 Å². The van der Waals surface area contributed by atoms with Gasteiger partial charge in [0, 0.05) is 52.1 Å². The number of piperidine rings is 1. The van der Waals surface area contributed by atoms with E-state index >= 15 is 0 Å². The first-order chi connectivity index (χ1) is 11.6. The summed E-state index contributed by atoms with van der Waals surface area (Å²) in [4.78, 5) is 9.89. The lowest BCUT2D eigenvalue weighted by atomic mass is 9.81. The van der Waals surface area contributed by atoms with Crippen LogP contribution in [0.15, 0.2) is 42.7 Å². The Kier molecular flexibility index (Phi) is 3.91. The van der Waals surface area contributed by atoms with Crippen molar-refractivity contribution in [1.29, 1.82) is 0 Å². The third-order valence-electron chi connectivity index (χ3n) is 4.90. The SMILES string of the molecule is NC1(c2ccc(Cl)cc2Cl)CCN(c2ccnc3[nH]ccc23)CC1. The Morgan fingerprint density at radius 2 is 1.92 bits per heavy atom. The Morgan fingerprint density at radius 1 is 1.12 bits per heavy atom. The summed E-state index contributed by atoms with van der Waals surface area (Å²) in [5, 5.41) is 2.43. The second-order valence-electron chi connectivity index (χ2n) is 6.34. The lowest BCUT2D eigenvalue weighted by molar-refractivity contribution is 0.343. The fourth-order valence-electron chi connectivity index (χ4n) is 3.53. The summed E-state index contributed by atoms with van der Waals surface area (Å²) in [5.74, 6) is 0. The quantitative estimate of drug-likeness (QED) is 0.715. The molecule has 3 N–H and O–H groups in total. The summed E-state index contributed by atoms with van der Waals surface area (Å²) in [5.41, 5.74) is 9.37. The molecule has 0 spiro atoms. The molecule has 0 amide bonds. The minimum atomic E-state index is -0.414. The minimum absolute atomic E-state index is 0.414. The Morgan fingerprint density at radius 3 is 2.67 bits per heavy atom. The molecule has 0 aliphatic carbocycles. The smallest absolute Gasteiger partial charge is 0.139 e. The number of aromatic amines is 1. The molecule has 4 rings (SSSR count). The summed E-state index contributed by atoms with van der Waals surface area (Å²) in [6.07, 6.45) is 5.44. The number of halogens is 2. The fraction of sp³-hybridized carbons (Fsp3) is 0.278. The second kappa shape index (κ2) is 5.96. The molecule has 3 heterocycles. The zero-order chi connectivity index (χ0) is 16.7. The number of nitrogens with zero attached hydrogens (tertiary/aromatic N) is 2. The van der Waals surface area contributed by atoms with Crippen LogP contribution < -0.4 is 10.6 Å². The number of pyridine rings is 1. The van der Waals surface area contributed by atoms with E-state index in [9.17, 15) is 0 Å². The van der Waals surface area contributed by atoms with Gasteiger partial charge in [0.2, 0.25) is 0 Å². The van der Waals surface area contributed by atoms with Gasteiger partial charge in [-0.2, -0.15) is 0 Å². The van der Waals surface area contributed by atoms with E-state index in [1.165, 1.54) is 5.69 Å². The van der Waals surface area contributed by atoms with Gasteiger partial charge in [-0.3, -0.25) is 0 Å². The number of aromatic nitrogens is 2. The van der Waals surface area contributed by atoms with Gasteiger partial charge in [-0.05, 0) is 42.7 Å². The molecule has 24 heavy (non-hydrogen) atoms. The highest BCUT2D eigenvalue weighted by molar-refractivity contribution is 6.35. The van der Waals surface area contributed by atoms with Gasteiger partial charge in [-0.1, -0.05) is 29.3 Å². The van der Waals surface area contributed by atoms with Crippen LogP contribution in [0, 0.1) is 0 Å². The second-order valence-corrected chi connectivity index (χ2v) is 7.18. The highest BCUT2D eigenvalue weighted by atomic mass is 35.5. The molecular weight excluding hydrogens is 343 g/mol. The van der Waals surface area contributed by atoms with Gasteiger partial charge in [-0.25, -0.2) is 4.98 Å². The maximum Gasteiger partial charge on any atom is 0.139 e. The van der Waals surface area contributed by atoms with Crippen molar-refractivity contribution >= 4 is 39.9 Å². The van der Waals surface area contributed by atoms with Crippen LogP contribution in [-0.4, -0.2) is 23.1 Å². The van der Waals surface area contributed by atoms with Crippen molar-refractivity contribution in [3.05, 3.63) is 58.3 Å². The maximum atomic E-state index is 6.69.